The highest BCUT2D eigenvalue weighted by Crippen LogP contribution is 2.40. The van der Waals surface area contributed by atoms with Crippen molar-refractivity contribution >= 4 is 57.8 Å². The van der Waals surface area contributed by atoms with E-state index in [-0.39, 0.29) is 0 Å². The molecule has 0 fully saturated rings. The Labute approximate surface area is 167 Å². The Morgan fingerprint density at radius 2 is 2.12 bits per heavy atom. The van der Waals surface area contributed by atoms with E-state index in [1.165, 1.54) is 20.9 Å². The molecule has 132 valence electrons. The number of aliphatic imine (C=N–C) groups is 1. The van der Waals surface area contributed by atoms with E-state index in [1.807, 2.05) is 29.6 Å². The third kappa shape index (κ3) is 4.94. The van der Waals surface area contributed by atoms with Crippen molar-refractivity contribution in [2.75, 3.05) is 24.3 Å². The summed E-state index contributed by atoms with van der Waals surface area (Å²) in [5.74, 6) is 1.95. The van der Waals surface area contributed by atoms with Crippen LogP contribution in [0.4, 0.5) is 5.69 Å². The van der Waals surface area contributed by atoms with Gasteiger partial charge < -0.3 is 5.73 Å². The minimum absolute atomic E-state index is 0.523. The minimum atomic E-state index is 0.523. The van der Waals surface area contributed by atoms with E-state index in [9.17, 15) is 0 Å². The van der Waals surface area contributed by atoms with Crippen LogP contribution in [0, 0.1) is 0 Å². The molecule has 2 aliphatic rings. The van der Waals surface area contributed by atoms with Crippen LogP contribution in [0.15, 0.2) is 62.2 Å². The second-order valence-electron chi connectivity index (χ2n) is 5.85. The highest BCUT2D eigenvalue weighted by Gasteiger charge is 2.18. The maximum Gasteiger partial charge on any atom is 0.0906 e. The summed E-state index contributed by atoms with van der Waals surface area (Å²) in [6.07, 6.45) is 6.42. The van der Waals surface area contributed by atoms with Crippen molar-refractivity contribution in [3.8, 4) is 0 Å². The van der Waals surface area contributed by atoms with Crippen LogP contribution in [-0.2, 0) is 5.75 Å². The van der Waals surface area contributed by atoms with Gasteiger partial charge in [0, 0.05) is 42.7 Å². The van der Waals surface area contributed by atoms with Crippen LogP contribution in [0.5, 0.6) is 0 Å². The average Bonchev–Trinajstić information content (AvgIpc) is 2.82. The standard InChI is InChI=1S/C19H22N2S4/c1-12-10-24-18-6-7-19(22-3)21-9-16(18)13(2)23-11-14-8-15(20)4-5-17(14)25-12/h4-8,12H,2,9-11,20H2,1,3H3. The molecule has 1 aromatic carbocycles. The number of fused-ring (bicyclic) bond motifs is 1. The lowest BCUT2D eigenvalue weighted by Crippen LogP contribution is -2.01. The molecule has 1 unspecified atom stereocenters. The maximum absolute atomic E-state index is 6.02. The molecule has 0 saturated carbocycles. The summed E-state index contributed by atoms with van der Waals surface area (Å²) in [6, 6.07) is 6.26. The molecule has 6 heteroatoms. The highest BCUT2D eigenvalue weighted by atomic mass is 32.2. The third-order valence-electron chi connectivity index (χ3n) is 3.90. The molecule has 25 heavy (non-hydrogen) atoms. The van der Waals surface area contributed by atoms with Crippen LogP contribution in [0.2, 0.25) is 0 Å². The van der Waals surface area contributed by atoms with E-state index in [4.69, 9.17) is 10.7 Å². The molecule has 0 radical (unpaired) electrons. The van der Waals surface area contributed by atoms with Crippen molar-refractivity contribution in [1.82, 2.24) is 0 Å². The number of nitrogens with zero attached hydrogens (tertiary/aromatic N) is 1. The highest BCUT2D eigenvalue weighted by molar-refractivity contribution is 8.13. The summed E-state index contributed by atoms with van der Waals surface area (Å²) in [5, 5.41) is 1.61. The maximum atomic E-state index is 6.02. The smallest absolute Gasteiger partial charge is 0.0906 e. The first-order valence-electron chi connectivity index (χ1n) is 8.06. The van der Waals surface area contributed by atoms with Gasteiger partial charge in [-0.2, -0.15) is 0 Å². The molecule has 1 aromatic rings. The average molecular weight is 407 g/mol. The Morgan fingerprint density at radius 3 is 2.92 bits per heavy atom. The van der Waals surface area contributed by atoms with Crippen LogP contribution in [0.1, 0.15) is 12.5 Å². The quantitative estimate of drug-likeness (QED) is 0.549. The van der Waals surface area contributed by atoms with Crippen molar-refractivity contribution in [2.24, 2.45) is 4.99 Å². The fourth-order valence-corrected chi connectivity index (χ4v) is 6.32. The predicted octanol–water partition coefficient (Wildman–Crippen LogP) is 5.83. The molecule has 0 spiro atoms. The summed E-state index contributed by atoms with van der Waals surface area (Å²) in [6.45, 7) is 7.36. The Hall–Kier alpha value is -0.690. The molecule has 0 saturated heterocycles. The van der Waals surface area contributed by atoms with Gasteiger partial charge in [0.25, 0.3) is 0 Å². The zero-order chi connectivity index (χ0) is 17.8. The molecular weight excluding hydrogens is 384 g/mol. The summed E-state index contributed by atoms with van der Waals surface area (Å²) < 4.78 is 0. The van der Waals surface area contributed by atoms with Gasteiger partial charge in [0.1, 0.15) is 0 Å². The van der Waals surface area contributed by atoms with Crippen LogP contribution < -0.4 is 5.73 Å². The second-order valence-corrected chi connectivity index (χ2v) is 10.3. The molecule has 0 bridgehead atoms. The molecule has 2 nitrogen and oxygen atoms in total. The Bertz CT molecular complexity index is 765. The lowest BCUT2D eigenvalue weighted by molar-refractivity contribution is 1.12. The van der Waals surface area contributed by atoms with Gasteiger partial charge in [0.05, 0.1) is 11.6 Å². The van der Waals surface area contributed by atoms with Crippen LogP contribution in [0.3, 0.4) is 0 Å². The van der Waals surface area contributed by atoms with Crippen LogP contribution in [-0.4, -0.2) is 28.8 Å². The van der Waals surface area contributed by atoms with E-state index in [0.717, 1.165) is 27.1 Å². The first-order chi connectivity index (χ1) is 12.1. The summed E-state index contributed by atoms with van der Waals surface area (Å²) >= 11 is 7.35. The molecule has 0 aliphatic carbocycles. The van der Waals surface area contributed by atoms with Gasteiger partial charge in [-0.05, 0) is 42.2 Å². The van der Waals surface area contributed by atoms with E-state index in [1.54, 1.807) is 23.5 Å². The first kappa shape index (κ1) is 19.1. The van der Waals surface area contributed by atoms with Gasteiger partial charge >= 0.3 is 0 Å². The number of hydrogen-bond donors (Lipinski definition) is 1. The molecular formula is C19H22N2S4. The topological polar surface area (TPSA) is 38.4 Å². The van der Waals surface area contributed by atoms with E-state index < -0.39 is 0 Å². The number of nitrogen functional groups attached to an aromatic ring is 1. The fourth-order valence-electron chi connectivity index (χ4n) is 2.57. The predicted molar refractivity (Wildman–Crippen MR) is 121 cm³/mol. The van der Waals surface area contributed by atoms with Crippen molar-refractivity contribution in [2.45, 2.75) is 22.8 Å². The number of thioether (sulfide) groups is 4. The van der Waals surface area contributed by atoms with E-state index in [0.29, 0.717) is 11.8 Å². The van der Waals surface area contributed by atoms with E-state index >= 15 is 0 Å². The Kier molecular flexibility index (Phi) is 6.72. The van der Waals surface area contributed by atoms with Gasteiger partial charge in [0.2, 0.25) is 0 Å². The molecule has 2 heterocycles. The lowest BCUT2D eigenvalue weighted by atomic mass is 10.2. The monoisotopic (exact) mass is 406 g/mol. The first-order valence-corrected chi connectivity index (χ1v) is 12.1. The molecule has 3 rings (SSSR count). The Morgan fingerprint density at radius 1 is 1.28 bits per heavy atom. The van der Waals surface area contributed by atoms with Crippen LogP contribution >= 0.6 is 47.0 Å². The zero-order valence-corrected chi connectivity index (χ0v) is 17.7. The summed E-state index contributed by atoms with van der Waals surface area (Å²) in [7, 11) is 0. The van der Waals surface area contributed by atoms with Gasteiger partial charge in [-0.3, -0.25) is 4.99 Å². The Balaban J connectivity index is 1.92. The van der Waals surface area contributed by atoms with Crippen molar-refractivity contribution in [3.63, 3.8) is 0 Å². The SMILES string of the molecule is C=C1SCc2cc(N)ccc2SC(C)CSC2=C1CN=C(SC)C=C2. The van der Waals surface area contributed by atoms with Crippen LogP contribution in [0.25, 0.3) is 0 Å². The molecule has 2 aliphatic heterocycles. The molecule has 0 amide bonds. The summed E-state index contributed by atoms with van der Waals surface area (Å²) in [4.78, 5) is 8.48. The van der Waals surface area contributed by atoms with Crippen molar-refractivity contribution in [3.05, 3.63) is 57.9 Å². The third-order valence-corrected chi connectivity index (χ3v) is 8.43. The number of nitrogens with two attached hydrogens (primary N) is 1. The molecule has 1 atom stereocenters. The van der Waals surface area contributed by atoms with Crippen molar-refractivity contribution in [1.29, 1.82) is 0 Å². The number of benzene rings is 1. The molecule has 0 aromatic heterocycles. The number of allylic oxidation sites excluding steroid dienone is 1. The van der Waals surface area contributed by atoms with Gasteiger partial charge in [-0.1, -0.05) is 13.5 Å². The van der Waals surface area contributed by atoms with E-state index in [2.05, 4.69) is 44.0 Å². The zero-order valence-electron chi connectivity index (χ0n) is 14.5. The minimum Gasteiger partial charge on any atom is -0.399 e. The normalized spacial score (nSPS) is 21.8. The number of hydrogen-bond acceptors (Lipinski definition) is 6. The molecule has 2 N–H and O–H groups in total. The number of anilines is 1. The van der Waals surface area contributed by atoms with Gasteiger partial charge in [-0.25, -0.2) is 0 Å². The van der Waals surface area contributed by atoms with Gasteiger partial charge in [-0.15, -0.1) is 47.0 Å². The largest absolute Gasteiger partial charge is 0.399 e. The van der Waals surface area contributed by atoms with Crippen molar-refractivity contribution < 1.29 is 0 Å². The lowest BCUT2D eigenvalue weighted by Gasteiger charge is -2.14. The number of rotatable bonds is 0. The van der Waals surface area contributed by atoms with Gasteiger partial charge in [0.15, 0.2) is 0 Å². The fraction of sp³-hybridized carbons (Fsp3) is 0.316. The second kappa shape index (κ2) is 8.80. The summed E-state index contributed by atoms with van der Waals surface area (Å²) in [5.41, 5.74) is 9.41.